The van der Waals surface area contributed by atoms with E-state index in [0.29, 0.717) is 18.1 Å². The highest BCUT2D eigenvalue weighted by Gasteiger charge is 2.13. The van der Waals surface area contributed by atoms with Crippen LogP contribution < -0.4 is 5.73 Å². The maximum Gasteiger partial charge on any atom is 0.133 e. The van der Waals surface area contributed by atoms with Gasteiger partial charge in [-0.1, -0.05) is 69.9 Å². The van der Waals surface area contributed by atoms with Gasteiger partial charge in [0.05, 0.1) is 0 Å². The van der Waals surface area contributed by atoms with Gasteiger partial charge in [-0.2, -0.15) is 0 Å². The fourth-order valence-corrected chi connectivity index (χ4v) is 2.55. The third-order valence-electron chi connectivity index (χ3n) is 4.02. The minimum atomic E-state index is -0.0177. The maximum atomic E-state index is 12.1. The second-order valence-electron chi connectivity index (χ2n) is 5.72. The van der Waals surface area contributed by atoms with E-state index in [1.165, 1.54) is 19.3 Å². The van der Waals surface area contributed by atoms with Crippen molar-refractivity contribution in [2.24, 2.45) is 11.7 Å². The van der Waals surface area contributed by atoms with Gasteiger partial charge in [0, 0.05) is 18.9 Å². The van der Waals surface area contributed by atoms with E-state index in [2.05, 4.69) is 13.8 Å². The molecule has 0 saturated heterocycles. The summed E-state index contributed by atoms with van der Waals surface area (Å²) in [4.78, 5) is 12.1. The molecule has 2 heteroatoms. The van der Waals surface area contributed by atoms with E-state index in [1.807, 2.05) is 30.3 Å². The summed E-state index contributed by atoms with van der Waals surface area (Å²) in [6, 6.07) is 10.0. The molecule has 2 nitrogen and oxygen atoms in total. The zero-order valence-corrected chi connectivity index (χ0v) is 13.0. The van der Waals surface area contributed by atoms with E-state index < -0.39 is 0 Å². The minimum Gasteiger partial charge on any atom is -0.324 e. The van der Waals surface area contributed by atoms with Crippen LogP contribution in [0.1, 0.15) is 70.4 Å². The van der Waals surface area contributed by atoms with Gasteiger partial charge in [-0.15, -0.1) is 0 Å². The van der Waals surface area contributed by atoms with Gasteiger partial charge in [0.25, 0.3) is 0 Å². The molecule has 0 aromatic heterocycles. The lowest BCUT2D eigenvalue weighted by molar-refractivity contribution is -0.120. The summed E-state index contributed by atoms with van der Waals surface area (Å²) in [5.41, 5.74) is 7.26. The molecule has 0 radical (unpaired) electrons. The molecule has 0 aliphatic rings. The lowest BCUT2D eigenvalue weighted by Gasteiger charge is -2.15. The molecule has 0 aliphatic heterocycles. The molecule has 0 fully saturated rings. The molecular formula is C18H29NO. The normalized spacial score (nSPS) is 13.9. The quantitative estimate of drug-likeness (QED) is 0.676. The van der Waals surface area contributed by atoms with Crippen molar-refractivity contribution < 1.29 is 4.79 Å². The van der Waals surface area contributed by atoms with Gasteiger partial charge in [0.2, 0.25) is 0 Å². The maximum absolute atomic E-state index is 12.1. The first kappa shape index (κ1) is 16.9. The van der Waals surface area contributed by atoms with Crippen LogP contribution in [0.15, 0.2) is 30.3 Å². The number of benzene rings is 1. The molecule has 2 unspecified atom stereocenters. The lowest BCUT2D eigenvalue weighted by Crippen LogP contribution is -2.14. The Morgan fingerprint density at radius 2 is 1.85 bits per heavy atom. The minimum absolute atomic E-state index is 0.0177. The topological polar surface area (TPSA) is 43.1 Å². The number of ketones is 1. The van der Waals surface area contributed by atoms with Gasteiger partial charge in [-0.05, 0) is 17.9 Å². The van der Waals surface area contributed by atoms with Gasteiger partial charge in [0.1, 0.15) is 5.78 Å². The first-order valence-corrected chi connectivity index (χ1v) is 7.99. The van der Waals surface area contributed by atoms with Crippen LogP contribution in [0.3, 0.4) is 0 Å². The Morgan fingerprint density at radius 3 is 2.45 bits per heavy atom. The predicted molar refractivity (Wildman–Crippen MR) is 85.5 cm³/mol. The average molecular weight is 275 g/mol. The van der Waals surface area contributed by atoms with Crippen LogP contribution in [0.2, 0.25) is 0 Å². The first-order valence-electron chi connectivity index (χ1n) is 7.99. The molecule has 2 atom stereocenters. The molecule has 0 heterocycles. The molecule has 20 heavy (non-hydrogen) atoms. The molecule has 0 spiro atoms. The Labute approximate surface area is 123 Å². The van der Waals surface area contributed by atoms with Gasteiger partial charge in [0.15, 0.2) is 0 Å². The van der Waals surface area contributed by atoms with Crippen LogP contribution in [0.4, 0.5) is 0 Å². The van der Waals surface area contributed by atoms with E-state index >= 15 is 0 Å². The Hall–Kier alpha value is -1.15. The summed E-state index contributed by atoms with van der Waals surface area (Å²) in [5, 5.41) is 0. The molecular weight excluding hydrogens is 246 g/mol. The number of hydrogen-bond acceptors (Lipinski definition) is 2. The standard InChI is InChI=1S/C18H29NO/c1-3-5-9-15(4-2)14-17(20)12-13-18(19)16-10-7-6-8-11-16/h6-8,10-11,15,18H,3-5,9,12-14,19H2,1-2H3. The summed E-state index contributed by atoms with van der Waals surface area (Å²) in [6.45, 7) is 4.39. The number of carbonyl (C=O) groups is 1. The highest BCUT2D eigenvalue weighted by Crippen LogP contribution is 2.20. The smallest absolute Gasteiger partial charge is 0.133 e. The van der Waals surface area contributed by atoms with E-state index in [0.717, 1.165) is 24.8 Å². The molecule has 0 bridgehead atoms. The fraction of sp³-hybridized carbons (Fsp3) is 0.611. The van der Waals surface area contributed by atoms with Crippen molar-refractivity contribution in [3.05, 3.63) is 35.9 Å². The summed E-state index contributed by atoms with van der Waals surface area (Å²) in [7, 11) is 0. The highest BCUT2D eigenvalue weighted by molar-refractivity contribution is 5.78. The molecule has 0 amide bonds. The summed E-state index contributed by atoms with van der Waals surface area (Å²) >= 11 is 0. The third kappa shape index (κ3) is 6.33. The second kappa shape index (κ2) is 9.71. The number of hydrogen-bond donors (Lipinski definition) is 1. The largest absolute Gasteiger partial charge is 0.324 e. The Kier molecular flexibility index (Phi) is 8.20. The van der Waals surface area contributed by atoms with Crippen LogP contribution >= 0.6 is 0 Å². The zero-order valence-electron chi connectivity index (χ0n) is 13.0. The molecule has 1 aromatic rings. The number of Topliss-reactive ketones (excluding diaryl/α,β-unsaturated/α-hetero) is 1. The van der Waals surface area contributed by atoms with E-state index in [4.69, 9.17) is 5.73 Å². The van der Waals surface area contributed by atoms with Crippen LogP contribution in [0, 0.1) is 5.92 Å². The van der Waals surface area contributed by atoms with Gasteiger partial charge in [-0.25, -0.2) is 0 Å². The fourth-order valence-electron chi connectivity index (χ4n) is 2.55. The summed E-state index contributed by atoms with van der Waals surface area (Å²) in [5.74, 6) is 0.940. The van der Waals surface area contributed by atoms with Crippen LogP contribution in [-0.4, -0.2) is 5.78 Å². The first-order chi connectivity index (χ1) is 9.67. The Morgan fingerprint density at radius 1 is 1.15 bits per heavy atom. The molecule has 2 N–H and O–H groups in total. The average Bonchev–Trinajstić information content (AvgIpc) is 2.49. The van der Waals surface area contributed by atoms with E-state index in [9.17, 15) is 4.79 Å². The Balaban J connectivity index is 2.32. The van der Waals surface area contributed by atoms with Gasteiger partial charge in [-0.3, -0.25) is 4.79 Å². The summed E-state index contributed by atoms with van der Waals surface area (Å²) < 4.78 is 0. The van der Waals surface area contributed by atoms with E-state index in [-0.39, 0.29) is 6.04 Å². The van der Waals surface area contributed by atoms with Crippen molar-refractivity contribution in [1.29, 1.82) is 0 Å². The third-order valence-corrected chi connectivity index (χ3v) is 4.02. The van der Waals surface area contributed by atoms with Crippen molar-refractivity contribution in [3.8, 4) is 0 Å². The van der Waals surface area contributed by atoms with Crippen molar-refractivity contribution in [2.75, 3.05) is 0 Å². The number of carbonyl (C=O) groups excluding carboxylic acids is 1. The van der Waals surface area contributed by atoms with Crippen LogP contribution in [0.25, 0.3) is 0 Å². The molecule has 0 saturated carbocycles. The second-order valence-corrected chi connectivity index (χ2v) is 5.72. The van der Waals surface area contributed by atoms with Crippen molar-refractivity contribution in [1.82, 2.24) is 0 Å². The SMILES string of the molecule is CCCCC(CC)CC(=O)CCC(N)c1ccccc1. The van der Waals surface area contributed by atoms with Gasteiger partial charge >= 0.3 is 0 Å². The number of nitrogens with two attached hydrogens (primary N) is 1. The van der Waals surface area contributed by atoms with Crippen LogP contribution in [-0.2, 0) is 4.79 Å². The molecule has 1 rings (SSSR count). The summed E-state index contributed by atoms with van der Waals surface area (Å²) in [6.07, 6.45) is 6.84. The van der Waals surface area contributed by atoms with Crippen molar-refractivity contribution in [3.63, 3.8) is 0 Å². The van der Waals surface area contributed by atoms with E-state index in [1.54, 1.807) is 0 Å². The van der Waals surface area contributed by atoms with Gasteiger partial charge < -0.3 is 5.73 Å². The lowest BCUT2D eigenvalue weighted by atomic mass is 9.91. The molecule has 1 aromatic carbocycles. The van der Waals surface area contributed by atoms with Crippen molar-refractivity contribution in [2.45, 2.75) is 64.8 Å². The number of unbranched alkanes of at least 4 members (excludes halogenated alkanes) is 1. The monoisotopic (exact) mass is 275 g/mol. The molecule has 112 valence electrons. The Bertz CT molecular complexity index is 374. The predicted octanol–water partition coefficient (Wildman–Crippen LogP) is 4.64. The number of rotatable bonds is 10. The highest BCUT2D eigenvalue weighted by atomic mass is 16.1. The van der Waals surface area contributed by atoms with Crippen molar-refractivity contribution >= 4 is 5.78 Å². The molecule has 0 aliphatic carbocycles. The van der Waals surface area contributed by atoms with Crippen LogP contribution in [0.5, 0.6) is 0 Å². The zero-order chi connectivity index (χ0) is 14.8.